The van der Waals surface area contributed by atoms with Gasteiger partial charge in [-0.1, -0.05) is 19.1 Å². The third-order valence-corrected chi connectivity index (χ3v) is 5.28. The summed E-state index contributed by atoms with van der Waals surface area (Å²) in [6.07, 6.45) is 5.08. The second kappa shape index (κ2) is 3.31. The molecule has 0 aliphatic heterocycles. The first-order chi connectivity index (χ1) is 8.01. The van der Waals surface area contributed by atoms with Crippen LogP contribution in [0.25, 0.3) is 0 Å². The van der Waals surface area contributed by atoms with Gasteiger partial charge in [-0.2, -0.15) is 0 Å². The van der Waals surface area contributed by atoms with Crippen molar-refractivity contribution < 1.29 is 14.3 Å². The zero-order chi connectivity index (χ0) is 12.4. The van der Waals surface area contributed by atoms with E-state index in [-0.39, 0.29) is 35.1 Å². The van der Waals surface area contributed by atoms with E-state index in [1.54, 1.807) is 0 Å². The van der Waals surface area contributed by atoms with Crippen molar-refractivity contribution in [2.24, 2.45) is 23.2 Å². The van der Waals surface area contributed by atoms with E-state index in [4.69, 9.17) is 4.74 Å². The van der Waals surface area contributed by atoms with Gasteiger partial charge in [-0.15, -0.1) is 0 Å². The molecule has 0 N–H and O–H groups in total. The lowest BCUT2D eigenvalue weighted by atomic mass is 9.63. The fourth-order valence-electron chi connectivity index (χ4n) is 3.65. The van der Waals surface area contributed by atoms with Crippen LogP contribution < -0.4 is 0 Å². The first kappa shape index (κ1) is 11.2. The number of carbonyl (C=O) groups excluding carboxylic acids is 2. The summed E-state index contributed by atoms with van der Waals surface area (Å²) < 4.78 is 5.40. The predicted molar refractivity (Wildman–Crippen MR) is 65.3 cm³/mol. The highest BCUT2D eigenvalue weighted by Gasteiger charge is 2.63. The van der Waals surface area contributed by atoms with E-state index in [2.05, 4.69) is 28.1 Å². The molecule has 2 bridgehead atoms. The van der Waals surface area contributed by atoms with E-state index in [1.807, 2.05) is 6.92 Å². The number of ether oxygens (including phenoxy) is 1. The van der Waals surface area contributed by atoms with Crippen molar-refractivity contribution in [3.8, 4) is 0 Å². The molecule has 0 aromatic heterocycles. The molecule has 1 unspecified atom stereocenters. The maximum absolute atomic E-state index is 12.5. The summed E-state index contributed by atoms with van der Waals surface area (Å²) >= 11 is 3.22. The predicted octanol–water partition coefficient (Wildman–Crippen LogP) is 2.22. The summed E-state index contributed by atoms with van der Waals surface area (Å²) in [4.78, 5) is 24.9. The number of hydrogen-bond donors (Lipinski definition) is 0. The van der Waals surface area contributed by atoms with Gasteiger partial charge in [0.1, 0.15) is 4.48 Å². The van der Waals surface area contributed by atoms with Gasteiger partial charge in [0.15, 0.2) is 11.5 Å². The Morgan fingerprint density at radius 2 is 2.12 bits per heavy atom. The average molecular weight is 297 g/mol. The number of Topliss-reactive ketones (excluding diaryl/α,β-unsaturated/α-hetero) is 2. The van der Waals surface area contributed by atoms with Gasteiger partial charge in [-0.3, -0.25) is 9.59 Å². The zero-order valence-corrected chi connectivity index (χ0v) is 11.3. The molecular weight excluding hydrogens is 284 g/mol. The Hall–Kier alpha value is -0.900. The fraction of sp³-hybridized carbons (Fsp3) is 0.538. The maximum Gasteiger partial charge on any atom is 0.203 e. The van der Waals surface area contributed by atoms with Crippen LogP contribution in [0.2, 0.25) is 0 Å². The molecule has 3 aliphatic rings. The molecule has 0 aromatic rings. The molecule has 4 atom stereocenters. The lowest BCUT2D eigenvalue weighted by Crippen LogP contribution is -2.47. The van der Waals surface area contributed by atoms with Gasteiger partial charge >= 0.3 is 0 Å². The van der Waals surface area contributed by atoms with Crippen LogP contribution in [-0.2, 0) is 14.3 Å². The van der Waals surface area contributed by atoms with Gasteiger partial charge in [0.2, 0.25) is 5.78 Å². The molecule has 3 nitrogen and oxygen atoms in total. The van der Waals surface area contributed by atoms with Crippen molar-refractivity contribution in [1.29, 1.82) is 0 Å². The van der Waals surface area contributed by atoms with Crippen molar-refractivity contribution in [2.45, 2.75) is 13.3 Å². The molecule has 0 spiro atoms. The molecule has 0 aromatic carbocycles. The Labute approximate surface area is 108 Å². The second-order valence-electron chi connectivity index (χ2n) is 5.19. The first-order valence-corrected chi connectivity index (χ1v) is 6.52. The lowest BCUT2D eigenvalue weighted by Gasteiger charge is -2.39. The van der Waals surface area contributed by atoms with Crippen molar-refractivity contribution in [1.82, 2.24) is 0 Å². The quantitative estimate of drug-likeness (QED) is 0.697. The summed E-state index contributed by atoms with van der Waals surface area (Å²) in [5, 5.41) is 0. The molecule has 0 saturated heterocycles. The van der Waals surface area contributed by atoms with Crippen LogP contribution in [0.1, 0.15) is 13.3 Å². The Balaban J connectivity index is 2.19. The van der Waals surface area contributed by atoms with Crippen molar-refractivity contribution >= 4 is 27.5 Å². The van der Waals surface area contributed by atoms with Crippen LogP contribution in [0.5, 0.6) is 0 Å². The molecule has 1 saturated carbocycles. The minimum atomic E-state index is -0.572. The normalized spacial score (nSPS) is 43.4. The second-order valence-corrected chi connectivity index (χ2v) is 5.98. The highest BCUT2D eigenvalue weighted by atomic mass is 79.9. The van der Waals surface area contributed by atoms with Gasteiger partial charge in [0.25, 0.3) is 0 Å². The highest BCUT2D eigenvalue weighted by Crippen LogP contribution is 2.60. The molecule has 0 radical (unpaired) electrons. The summed E-state index contributed by atoms with van der Waals surface area (Å²) in [6.45, 7) is 1.92. The first-order valence-electron chi connectivity index (χ1n) is 5.73. The minimum Gasteiger partial charge on any atom is -0.492 e. The smallest absolute Gasteiger partial charge is 0.203 e. The van der Waals surface area contributed by atoms with E-state index >= 15 is 0 Å². The number of ketones is 2. The molecular formula is C13H13BrO3. The molecule has 4 heteroatoms. The molecule has 90 valence electrons. The van der Waals surface area contributed by atoms with E-state index in [9.17, 15) is 9.59 Å². The summed E-state index contributed by atoms with van der Waals surface area (Å²) in [7, 11) is 1.44. The summed E-state index contributed by atoms with van der Waals surface area (Å²) in [5.74, 6) is 0.334. The number of hydrogen-bond acceptors (Lipinski definition) is 3. The number of allylic oxidation sites excluding steroid dienone is 4. The van der Waals surface area contributed by atoms with Gasteiger partial charge in [0.05, 0.1) is 7.11 Å². The third kappa shape index (κ3) is 1.12. The van der Waals surface area contributed by atoms with Crippen LogP contribution in [0.15, 0.2) is 22.4 Å². The molecule has 3 rings (SSSR count). The molecule has 1 fully saturated rings. The van der Waals surface area contributed by atoms with Gasteiger partial charge in [-0.05, 0) is 34.2 Å². The zero-order valence-electron chi connectivity index (χ0n) is 9.70. The number of halogens is 1. The van der Waals surface area contributed by atoms with Crippen molar-refractivity contribution in [2.75, 3.05) is 7.11 Å². The lowest BCUT2D eigenvalue weighted by molar-refractivity contribution is -0.139. The van der Waals surface area contributed by atoms with Gasteiger partial charge in [-0.25, -0.2) is 0 Å². The van der Waals surface area contributed by atoms with E-state index < -0.39 is 5.41 Å². The summed E-state index contributed by atoms with van der Waals surface area (Å²) in [5.41, 5.74) is -0.572. The van der Waals surface area contributed by atoms with E-state index in [1.165, 1.54) is 7.11 Å². The SMILES string of the molecule is COC1=C(Br)C(=O)[C@@]2(C)C(C1=O)[C@H]1C=C[C@@H]2C1. The van der Waals surface area contributed by atoms with Crippen LogP contribution in [0, 0.1) is 23.2 Å². The maximum atomic E-state index is 12.5. The molecule has 0 heterocycles. The standard InChI is InChI=1S/C13H13BrO3/c1-13-7-4-3-6(5-7)8(13)10(15)11(17-2)9(14)12(13)16/h3-4,6-8H,5H2,1-2H3/t6-,7+,8?,13+/m0/s1. The van der Waals surface area contributed by atoms with Crippen molar-refractivity contribution in [3.63, 3.8) is 0 Å². The van der Waals surface area contributed by atoms with Crippen LogP contribution in [0.4, 0.5) is 0 Å². The number of carbonyl (C=O) groups is 2. The van der Waals surface area contributed by atoms with Crippen molar-refractivity contribution in [3.05, 3.63) is 22.4 Å². The minimum absolute atomic E-state index is 0.0100. The van der Waals surface area contributed by atoms with Crippen LogP contribution >= 0.6 is 15.9 Å². The Bertz CT molecular complexity index is 491. The van der Waals surface area contributed by atoms with E-state index in [0.717, 1.165) is 6.42 Å². The number of methoxy groups -OCH3 is 1. The Kier molecular flexibility index (Phi) is 2.18. The number of fused-ring (bicyclic) bond motifs is 5. The largest absolute Gasteiger partial charge is 0.492 e. The molecule has 0 amide bonds. The number of rotatable bonds is 1. The summed E-state index contributed by atoms with van der Waals surface area (Å²) in [6, 6.07) is 0. The topological polar surface area (TPSA) is 43.4 Å². The van der Waals surface area contributed by atoms with Gasteiger partial charge in [0, 0.05) is 11.3 Å². The van der Waals surface area contributed by atoms with Crippen LogP contribution in [-0.4, -0.2) is 18.7 Å². The Morgan fingerprint density at radius 1 is 1.41 bits per heavy atom. The average Bonchev–Trinajstić information content (AvgIpc) is 2.86. The Morgan fingerprint density at radius 3 is 2.76 bits per heavy atom. The third-order valence-electron chi connectivity index (χ3n) is 4.56. The fourth-order valence-corrected chi connectivity index (χ4v) is 4.43. The molecule has 17 heavy (non-hydrogen) atoms. The van der Waals surface area contributed by atoms with Gasteiger partial charge < -0.3 is 4.74 Å². The monoisotopic (exact) mass is 296 g/mol. The molecule has 3 aliphatic carbocycles. The van der Waals surface area contributed by atoms with E-state index in [0.29, 0.717) is 4.48 Å². The highest BCUT2D eigenvalue weighted by molar-refractivity contribution is 9.12. The van der Waals surface area contributed by atoms with Crippen LogP contribution in [0.3, 0.4) is 0 Å².